The summed E-state index contributed by atoms with van der Waals surface area (Å²) in [4.78, 5) is 17.5. The van der Waals surface area contributed by atoms with E-state index in [9.17, 15) is 9.90 Å². The minimum absolute atomic E-state index is 0.275. The van der Waals surface area contributed by atoms with Crippen molar-refractivity contribution in [3.05, 3.63) is 76.9 Å². The molecule has 2 aromatic carbocycles. The molecule has 0 aliphatic carbocycles. The molecule has 0 unspecified atom stereocenters. The Hall–Kier alpha value is -2.47. The highest BCUT2D eigenvalue weighted by Gasteiger charge is 2.43. The van der Waals surface area contributed by atoms with Gasteiger partial charge in [0.2, 0.25) is 0 Å². The molecule has 1 fully saturated rings. The zero-order valence-corrected chi connectivity index (χ0v) is 15.4. The molecule has 0 bridgehead atoms. The van der Waals surface area contributed by atoms with Crippen LogP contribution in [0.1, 0.15) is 22.5 Å². The molecule has 27 heavy (non-hydrogen) atoms. The summed E-state index contributed by atoms with van der Waals surface area (Å²) < 4.78 is 0. The van der Waals surface area contributed by atoms with E-state index in [-0.39, 0.29) is 11.6 Å². The Balaban J connectivity index is 1.71. The normalized spacial score (nSPS) is 22.5. The van der Waals surface area contributed by atoms with Crippen molar-refractivity contribution < 1.29 is 9.90 Å². The summed E-state index contributed by atoms with van der Waals surface area (Å²) in [5, 5.41) is 18.4. The number of rotatable bonds is 3. The van der Waals surface area contributed by atoms with Crippen molar-refractivity contribution in [2.24, 2.45) is 0 Å². The van der Waals surface area contributed by atoms with E-state index in [0.29, 0.717) is 30.0 Å². The summed E-state index contributed by atoms with van der Waals surface area (Å²) in [6, 6.07) is 18.6. The van der Waals surface area contributed by atoms with Crippen molar-refractivity contribution >= 4 is 28.4 Å². The van der Waals surface area contributed by atoms with E-state index >= 15 is 0 Å². The number of hydrogen-bond donors (Lipinski definition) is 3. The number of β-amino-alcohol motifs (C(OH)–C–C–N with tert-alkyl or cyclic N) is 1. The van der Waals surface area contributed by atoms with E-state index in [2.05, 4.69) is 15.6 Å². The number of aliphatic hydroxyl groups is 1. The smallest absolute Gasteiger partial charge is 0.270 e. The van der Waals surface area contributed by atoms with Gasteiger partial charge in [0, 0.05) is 11.9 Å². The Morgan fingerprint density at radius 2 is 1.96 bits per heavy atom. The average molecular weight is 382 g/mol. The first-order chi connectivity index (χ1) is 13.1. The summed E-state index contributed by atoms with van der Waals surface area (Å²) in [7, 11) is 0. The number of nitrogens with one attached hydrogen (secondary N) is 2. The maximum atomic E-state index is 13.0. The number of benzene rings is 2. The van der Waals surface area contributed by atoms with Gasteiger partial charge < -0.3 is 15.7 Å². The Labute approximate surface area is 162 Å². The van der Waals surface area contributed by atoms with Crippen LogP contribution in [0.25, 0.3) is 10.9 Å². The number of nitrogens with zero attached hydrogens (tertiary/aromatic N) is 1. The molecule has 0 radical (unpaired) electrons. The minimum Gasteiger partial charge on any atom is -0.389 e. The van der Waals surface area contributed by atoms with Crippen LogP contribution in [-0.4, -0.2) is 35.2 Å². The second-order valence-corrected chi connectivity index (χ2v) is 7.18. The number of halogens is 1. The van der Waals surface area contributed by atoms with Gasteiger partial charge in [-0.2, -0.15) is 0 Å². The number of piperidine rings is 1. The monoisotopic (exact) mass is 381 g/mol. The van der Waals surface area contributed by atoms with E-state index in [0.717, 1.165) is 10.9 Å². The molecule has 3 aromatic rings. The molecule has 5 nitrogen and oxygen atoms in total. The molecule has 1 amide bonds. The van der Waals surface area contributed by atoms with Gasteiger partial charge >= 0.3 is 0 Å². The first-order valence-corrected chi connectivity index (χ1v) is 9.30. The van der Waals surface area contributed by atoms with Crippen molar-refractivity contribution in [2.45, 2.75) is 18.1 Å². The Bertz CT molecular complexity index is 980. The third-order valence-electron chi connectivity index (χ3n) is 5.13. The van der Waals surface area contributed by atoms with Crippen LogP contribution >= 0.6 is 11.6 Å². The van der Waals surface area contributed by atoms with Crippen molar-refractivity contribution in [1.82, 2.24) is 15.6 Å². The molecule has 2 heterocycles. The van der Waals surface area contributed by atoms with Crippen LogP contribution in [-0.2, 0) is 5.54 Å². The molecule has 4 rings (SSSR count). The van der Waals surface area contributed by atoms with E-state index in [1.54, 1.807) is 12.1 Å². The maximum absolute atomic E-state index is 13.0. The fraction of sp³-hybridized carbons (Fsp3) is 0.238. The number of pyridine rings is 1. The van der Waals surface area contributed by atoms with Crippen molar-refractivity contribution in [1.29, 1.82) is 0 Å². The number of carbonyl (C=O) groups excluding carboxylic acids is 1. The summed E-state index contributed by atoms with van der Waals surface area (Å²) in [6.07, 6.45) is -0.167. The van der Waals surface area contributed by atoms with E-state index in [1.807, 2.05) is 48.5 Å². The molecule has 1 aliphatic heterocycles. The number of carbonyl (C=O) groups is 1. The van der Waals surface area contributed by atoms with Gasteiger partial charge in [-0.05, 0) is 30.7 Å². The molecule has 1 aromatic heterocycles. The van der Waals surface area contributed by atoms with Gasteiger partial charge in [-0.25, -0.2) is 4.98 Å². The van der Waals surface area contributed by atoms with Gasteiger partial charge in [0.1, 0.15) is 5.69 Å². The number of hydrogen-bond acceptors (Lipinski definition) is 4. The van der Waals surface area contributed by atoms with Crippen LogP contribution < -0.4 is 10.6 Å². The molecule has 6 heteroatoms. The lowest BCUT2D eigenvalue weighted by Crippen LogP contribution is -2.61. The minimum atomic E-state index is -0.860. The number of aromatic nitrogens is 1. The van der Waals surface area contributed by atoms with Crippen molar-refractivity contribution in [3.63, 3.8) is 0 Å². The SMILES string of the molecule is O=C(N[C@]1(c2ccccc2)CCNC[C@H]1O)c1ccc2cccc(Cl)c2n1. The topological polar surface area (TPSA) is 74.2 Å². The zero-order chi connectivity index (χ0) is 18.9. The number of amides is 1. The zero-order valence-electron chi connectivity index (χ0n) is 14.7. The fourth-order valence-electron chi connectivity index (χ4n) is 3.66. The third-order valence-corrected chi connectivity index (χ3v) is 5.44. The summed E-state index contributed by atoms with van der Waals surface area (Å²) in [6.45, 7) is 1.11. The Morgan fingerprint density at radius 1 is 1.15 bits per heavy atom. The van der Waals surface area contributed by atoms with Gasteiger partial charge in [-0.3, -0.25) is 4.79 Å². The molecule has 3 N–H and O–H groups in total. The number of fused-ring (bicyclic) bond motifs is 1. The van der Waals surface area contributed by atoms with Crippen LogP contribution in [0.2, 0.25) is 5.02 Å². The first kappa shape index (κ1) is 17.9. The van der Waals surface area contributed by atoms with Gasteiger partial charge in [-0.15, -0.1) is 0 Å². The lowest BCUT2D eigenvalue weighted by Gasteiger charge is -2.42. The van der Waals surface area contributed by atoms with Crippen LogP contribution in [0.5, 0.6) is 0 Å². The summed E-state index contributed by atoms with van der Waals surface area (Å²) in [5.41, 5.74) is 0.884. The average Bonchev–Trinajstić information content (AvgIpc) is 2.70. The standard InChI is InChI=1S/C21H20ClN3O2/c22-16-8-4-5-14-9-10-17(24-19(14)16)20(27)25-21(11-12-23-13-18(21)26)15-6-2-1-3-7-15/h1-10,18,23,26H,11-13H2,(H,25,27)/t18-,21+/m1/s1. The van der Waals surface area contributed by atoms with E-state index in [4.69, 9.17) is 11.6 Å². The van der Waals surface area contributed by atoms with Crippen molar-refractivity contribution in [3.8, 4) is 0 Å². The quantitative estimate of drug-likeness (QED) is 0.652. The molecule has 2 atom stereocenters. The molecule has 138 valence electrons. The second kappa shape index (κ2) is 7.27. The number of para-hydroxylation sites is 1. The highest BCUT2D eigenvalue weighted by molar-refractivity contribution is 6.35. The maximum Gasteiger partial charge on any atom is 0.270 e. The Kier molecular flexibility index (Phi) is 4.83. The lowest BCUT2D eigenvalue weighted by atomic mass is 9.79. The summed E-state index contributed by atoms with van der Waals surface area (Å²) in [5.74, 6) is -0.332. The van der Waals surface area contributed by atoms with E-state index in [1.165, 1.54) is 0 Å². The lowest BCUT2D eigenvalue weighted by molar-refractivity contribution is 0.0288. The highest BCUT2D eigenvalue weighted by atomic mass is 35.5. The molecule has 0 saturated carbocycles. The Morgan fingerprint density at radius 3 is 2.74 bits per heavy atom. The van der Waals surface area contributed by atoms with Gasteiger partial charge in [0.15, 0.2) is 0 Å². The highest BCUT2D eigenvalue weighted by Crippen LogP contribution is 2.31. The van der Waals surface area contributed by atoms with Crippen molar-refractivity contribution in [2.75, 3.05) is 13.1 Å². The third kappa shape index (κ3) is 3.30. The molecular formula is C21H20ClN3O2. The molecular weight excluding hydrogens is 362 g/mol. The molecule has 1 aliphatic rings. The summed E-state index contributed by atoms with van der Waals surface area (Å²) >= 11 is 6.23. The van der Waals surface area contributed by atoms with Gasteiger partial charge in [-0.1, -0.05) is 60.1 Å². The predicted octanol–water partition coefficient (Wildman–Crippen LogP) is 2.87. The van der Waals surface area contributed by atoms with Crippen LogP contribution in [0.15, 0.2) is 60.7 Å². The molecule has 0 spiro atoms. The van der Waals surface area contributed by atoms with E-state index < -0.39 is 11.6 Å². The first-order valence-electron chi connectivity index (χ1n) is 8.92. The predicted molar refractivity (Wildman–Crippen MR) is 106 cm³/mol. The molecule has 1 saturated heterocycles. The van der Waals surface area contributed by atoms with Gasteiger partial charge in [0.05, 0.1) is 22.2 Å². The largest absolute Gasteiger partial charge is 0.389 e. The fourth-order valence-corrected chi connectivity index (χ4v) is 3.88. The van der Waals surface area contributed by atoms with Crippen LogP contribution in [0.4, 0.5) is 0 Å². The number of aliphatic hydroxyl groups excluding tert-OH is 1. The second-order valence-electron chi connectivity index (χ2n) is 6.77. The van der Waals surface area contributed by atoms with Crippen LogP contribution in [0, 0.1) is 0 Å². The van der Waals surface area contributed by atoms with Gasteiger partial charge in [0.25, 0.3) is 5.91 Å². The van der Waals surface area contributed by atoms with Crippen LogP contribution in [0.3, 0.4) is 0 Å².